The van der Waals surface area contributed by atoms with E-state index in [1.54, 1.807) is 6.20 Å². The van der Waals surface area contributed by atoms with Gasteiger partial charge in [-0.3, -0.25) is 4.98 Å². The van der Waals surface area contributed by atoms with Crippen LogP contribution in [-0.2, 0) is 0 Å². The number of nitrogens with zero attached hydrogens (tertiary/aromatic N) is 2. The fourth-order valence-corrected chi connectivity index (χ4v) is 0.974. The van der Waals surface area contributed by atoms with E-state index < -0.39 is 0 Å². The highest BCUT2D eigenvalue weighted by atomic mass is 32.1. The van der Waals surface area contributed by atoms with Gasteiger partial charge in [-0.2, -0.15) is 10.1 Å². The Morgan fingerprint density at radius 2 is 2.33 bits per heavy atom. The van der Waals surface area contributed by atoms with Crippen molar-refractivity contribution in [3.05, 3.63) is 29.2 Å². The van der Waals surface area contributed by atoms with E-state index in [9.17, 15) is 0 Å². The standard InChI is InChI=1S/C7H5N3OS/c12-7-9-6(10-11-7)5-3-1-2-4-8-5/h1-4H,(H,9,10,12). The summed E-state index contributed by atoms with van der Waals surface area (Å²) in [5.74, 6) is 0.556. The molecule has 2 rings (SSSR count). The van der Waals surface area contributed by atoms with Crippen molar-refractivity contribution in [1.29, 1.82) is 0 Å². The van der Waals surface area contributed by atoms with Crippen LogP contribution in [0, 0.1) is 4.84 Å². The van der Waals surface area contributed by atoms with E-state index in [0.717, 1.165) is 5.69 Å². The molecule has 0 aliphatic carbocycles. The van der Waals surface area contributed by atoms with Gasteiger partial charge in [0.1, 0.15) is 5.69 Å². The monoisotopic (exact) mass is 179 g/mol. The van der Waals surface area contributed by atoms with Crippen LogP contribution in [-0.4, -0.2) is 15.1 Å². The van der Waals surface area contributed by atoms with Gasteiger partial charge in [0.25, 0.3) is 0 Å². The highest BCUT2D eigenvalue weighted by Crippen LogP contribution is 2.09. The second kappa shape index (κ2) is 2.86. The molecular formula is C7H5N3OS. The first-order chi connectivity index (χ1) is 5.86. The Hall–Kier alpha value is -1.49. The Bertz CT molecular complexity index is 419. The maximum Gasteiger partial charge on any atom is 0.314 e. The van der Waals surface area contributed by atoms with Crippen LogP contribution < -0.4 is 0 Å². The molecule has 0 bridgehead atoms. The molecule has 2 heterocycles. The van der Waals surface area contributed by atoms with Crippen LogP contribution in [0.1, 0.15) is 0 Å². The molecule has 0 atom stereocenters. The fraction of sp³-hybridized carbons (Fsp3) is 0. The third kappa shape index (κ3) is 1.26. The topological polar surface area (TPSA) is 54.7 Å². The second-order valence-corrected chi connectivity index (χ2v) is 2.49. The number of hydrogen-bond donors (Lipinski definition) is 1. The molecule has 0 aliphatic heterocycles. The van der Waals surface area contributed by atoms with Crippen LogP contribution in [0.15, 0.2) is 28.9 Å². The lowest BCUT2D eigenvalue weighted by Gasteiger charge is -1.89. The third-order valence-corrected chi connectivity index (χ3v) is 1.52. The lowest BCUT2D eigenvalue weighted by atomic mass is 10.3. The predicted octanol–water partition coefficient (Wildman–Crippen LogP) is 1.79. The summed E-state index contributed by atoms with van der Waals surface area (Å²) in [4.78, 5) is 8.16. The summed E-state index contributed by atoms with van der Waals surface area (Å²) in [6.07, 6.45) is 1.68. The van der Waals surface area contributed by atoms with Crippen molar-refractivity contribution in [2.75, 3.05) is 0 Å². The molecule has 0 amide bonds. The zero-order chi connectivity index (χ0) is 8.39. The summed E-state index contributed by atoms with van der Waals surface area (Å²) < 4.78 is 4.76. The van der Waals surface area contributed by atoms with Crippen LogP contribution in [0.3, 0.4) is 0 Å². The molecule has 0 saturated heterocycles. The summed E-state index contributed by atoms with van der Waals surface area (Å²) in [5.41, 5.74) is 0.720. The molecule has 0 spiro atoms. The Morgan fingerprint density at radius 1 is 1.42 bits per heavy atom. The smallest absolute Gasteiger partial charge is 0.314 e. The van der Waals surface area contributed by atoms with Gasteiger partial charge in [-0.15, -0.1) is 0 Å². The van der Waals surface area contributed by atoms with Gasteiger partial charge in [0.15, 0.2) is 5.82 Å². The molecule has 0 radical (unpaired) electrons. The normalized spacial score (nSPS) is 10.0. The van der Waals surface area contributed by atoms with E-state index in [1.807, 2.05) is 18.2 Å². The molecule has 60 valence electrons. The Labute approximate surface area is 73.3 Å². The van der Waals surface area contributed by atoms with E-state index in [2.05, 4.69) is 15.1 Å². The highest BCUT2D eigenvalue weighted by molar-refractivity contribution is 7.71. The first-order valence-electron chi connectivity index (χ1n) is 3.33. The summed E-state index contributed by atoms with van der Waals surface area (Å²) >= 11 is 4.70. The number of aromatic nitrogens is 3. The van der Waals surface area contributed by atoms with Crippen molar-refractivity contribution in [2.24, 2.45) is 0 Å². The van der Waals surface area contributed by atoms with Gasteiger partial charge in [-0.1, -0.05) is 6.07 Å². The minimum atomic E-state index is 0.190. The Morgan fingerprint density at radius 3 is 2.92 bits per heavy atom. The maximum absolute atomic E-state index is 4.76. The average molecular weight is 179 g/mol. The van der Waals surface area contributed by atoms with E-state index in [1.165, 1.54) is 0 Å². The van der Waals surface area contributed by atoms with Crippen molar-refractivity contribution < 1.29 is 4.52 Å². The van der Waals surface area contributed by atoms with E-state index in [0.29, 0.717) is 5.82 Å². The number of aromatic amines is 1. The molecule has 0 saturated carbocycles. The van der Waals surface area contributed by atoms with Gasteiger partial charge in [0.05, 0.1) is 0 Å². The lowest BCUT2D eigenvalue weighted by Crippen LogP contribution is -1.82. The van der Waals surface area contributed by atoms with Gasteiger partial charge in [0.2, 0.25) is 0 Å². The third-order valence-electron chi connectivity index (χ3n) is 1.35. The van der Waals surface area contributed by atoms with Crippen molar-refractivity contribution in [1.82, 2.24) is 15.1 Å². The largest absolute Gasteiger partial charge is 0.348 e. The molecule has 12 heavy (non-hydrogen) atoms. The van der Waals surface area contributed by atoms with Crippen molar-refractivity contribution in [3.8, 4) is 11.5 Å². The summed E-state index contributed by atoms with van der Waals surface area (Å²) in [6, 6.07) is 5.52. The molecule has 2 aromatic heterocycles. The van der Waals surface area contributed by atoms with Crippen molar-refractivity contribution in [3.63, 3.8) is 0 Å². The van der Waals surface area contributed by atoms with Gasteiger partial charge < -0.3 is 4.52 Å². The van der Waals surface area contributed by atoms with Crippen LogP contribution in [0.5, 0.6) is 0 Å². The zero-order valence-corrected chi connectivity index (χ0v) is 6.84. The van der Waals surface area contributed by atoms with Crippen molar-refractivity contribution in [2.45, 2.75) is 0 Å². The molecule has 5 heteroatoms. The maximum atomic E-state index is 4.76. The molecule has 1 N–H and O–H groups in total. The van der Waals surface area contributed by atoms with Gasteiger partial charge in [0, 0.05) is 6.20 Å². The molecule has 2 aromatic rings. The van der Waals surface area contributed by atoms with Gasteiger partial charge in [-0.25, -0.2) is 0 Å². The van der Waals surface area contributed by atoms with Crippen LogP contribution in [0.25, 0.3) is 11.5 Å². The van der Waals surface area contributed by atoms with Crippen LogP contribution >= 0.6 is 12.2 Å². The lowest BCUT2D eigenvalue weighted by molar-refractivity contribution is 0.406. The molecule has 0 aliphatic rings. The minimum Gasteiger partial charge on any atom is -0.348 e. The average Bonchev–Trinajstić information content (AvgIpc) is 2.54. The Balaban J connectivity index is 2.51. The first kappa shape index (κ1) is 7.17. The van der Waals surface area contributed by atoms with Crippen LogP contribution in [0.4, 0.5) is 0 Å². The van der Waals surface area contributed by atoms with Gasteiger partial charge >= 0.3 is 4.84 Å². The SMILES string of the molecule is S=c1nc(-c2ccccn2)[nH]o1. The molecule has 4 nitrogen and oxygen atoms in total. The van der Waals surface area contributed by atoms with Gasteiger partial charge in [-0.05, 0) is 24.4 Å². The molecule has 0 aromatic carbocycles. The number of nitrogens with one attached hydrogen (secondary N) is 1. The number of hydrogen-bond acceptors (Lipinski definition) is 4. The number of rotatable bonds is 1. The fourth-order valence-electron chi connectivity index (χ4n) is 0.841. The predicted molar refractivity (Wildman–Crippen MR) is 44.9 cm³/mol. The molecule has 0 fully saturated rings. The van der Waals surface area contributed by atoms with E-state index in [-0.39, 0.29) is 4.84 Å². The zero-order valence-electron chi connectivity index (χ0n) is 6.02. The second-order valence-electron chi connectivity index (χ2n) is 2.15. The van der Waals surface area contributed by atoms with E-state index in [4.69, 9.17) is 16.7 Å². The summed E-state index contributed by atoms with van der Waals surface area (Å²) in [5, 5.41) is 2.57. The highest BCUT2D eigenvalue weighted by Gasteiger charge is 2.00. The minimum absolute atomic E-state index is 0.190. The summed E-state index contributed by atoms with van der Waals surface area (Å²) in [6.45, 7) is 0. The number of H-pyrrole nitrogens is 1. The Kier molecular flexibility index (Phi) is 1.71. The summed E-state index contributed by atoms with van der Waals surface area (Å²) in [7, 11) is 0. The quantitative estimate of drug-likeness (QED) is 0.678. The van der Waals surface area contributed by atoms with E-state index >= 15 is 0 Å². The number of pyridine rings is 1. The molecular weight excluding hydrogens is 174 g/mol. The van der Waals surface area contributed by atoms with Crippen LogP contribution in [0.2, 0.25) is 0 Å². The van der Waals surface area contributed by atoms with Crippen molar-refractivity contribution >= 4 is 12.2 Å². The molecule has 0 unspecified atom stereocenters. The first-order valence-corrected chi connectivity index (χ1v) is 3.74.